The number of nitrogens with two attached hydrogens (primary N) is 1. The Kier molecular flexibility index (Phi) is 5.14. The van der Waals surface area contributed by atoms with Crippen LogP contribution in [0.15, 0.2) is 12.3 Å². The molecule has 1 unspecified atom stereocenters. The maximum atomic E-state index is 11.8. The second kappa shape index (κ2) is 6.85. The smallest absolute Gasteiger partial charge is 0.138 e. The van der Waals surface area contributed by atoms with Crippen LogP contribution < -0.4 is 5.73 Å². The molecule has 1 fully saturated rings. The van der Waals surface area contributed by atoms with E-state index in [2.05, 4.69) is 9.78 Å². The fourth-order valence-corrected chi connectivity index (χ4v) is 2.76. The number of Topliss-reactive ketones (excluding diaryl/α,β-unsaturated/α-hetero) is 1. The molecule has 106 valence electrons. The largest absolute Gasteiger partial charge is 0.328 e. The van der Waals surface area contributed by atoms with Gasteiger partial charge in [0.15, 0.2) is 0 Å². The van der Waals surface area contributed by atoms with E-state index in [9.17, 15) is 4.79 Å². The van der Waals surface area contributed by atoms with Crippen molar-refractivity contribution >= 4 is 5.78 Å². The zero-order valence-corrected chi connectivity index (χ0v) is 11.8. The number of carbonyl (C=O) groups excluding carboxylic acids is 1. The van der Waals surface area contributed by atoms with E-state index < -0.39 is 0 Å². The van der Waals surface area contributed by atoms with Gasteiger partial charge in [-0.25, -0.2) is 0 Å². The number of nitrogens with zero attached hydrogens (tertiary/aromatic N) is 2. The molecule has 4 nitrogen and oxygen atoms in total. The summed E-state index contributed by atoms with van der Waals surface area (Å²) in [6.07, 6.45) is 9.98. The third-order valence-corrected chi connectivity index (χ3v) is 3.86. The van der Waals surface area contributed by atoms with Gasteiger partial charge in [-0.2, -0.15) is 5.10 Å². The summed E-state index contributed by atoms with van der Waals surface area (Å²) in [4.78, 5) is 11.8. The van der Waals surface area contributed by atoms with Crippen LogP contribution in [0.1, 0.15) is 63.6 Å². The Hall–Kier alpha value is -1.16. The van der Waals surface area contributed by atoms with Crippen molar-refractivity contribution in [1.82, 2.24) is 9.78 Å². The van der Waals surface area contributed by atoms with Crippen LogP contribution in [0.4, 0.5) is 0 Å². The first kappa shape index (κ1) is 14.3. The quantitative estimate of drug-likeness (QED) is 0.822. The average Bonchev–Trinajstić information content (AvgIpc) is 2.97. The summed E-state index contributed by atoms with van der Waals surface area (Å²) in [6.45, 7) is 1.98. The molecule has 1 heterocycles. The molecule has 0 aliphatic heterocycles. The lowest BCUT2D eigenvalue weighted by atomic mass is 10.1. The Morgan fingerprint density at radius 3 is 2.95 bits per heavy atom. The molecule has 1 saturated carbocycles. The molecule has 19 heavy (non-hydrogen) atoms. The minimum Gasteiger partial charge on any atom is -0.328 e. The summed E-state index contributed by atoms with van der Waals surface area (Å²) in [5, 5.41) is 4.55. The van der Waals surface area contributed by atoms with Gasteiger partial charge < -0.3 is 5.73 Å². The molecule has 1 atom stereocenters. The molecule has 0 spiro atoms. The van der Waals surface area contributed by atoms with E-state index >= 15 is 0 Å². The number of aromatic nitrogens is 2. The van der Waals surface area contributed by atoms with E-state index in [4.69, 9.17) is 5.73 Å². The second-order valence-corrected chi connectivity index (χ2v) is 5.81. The van der Waals surface area contributed by atoms with Crippen LogP contribution in [0.3, 0.4) is 0 Å². The lowest BCUT2D eigenvalue weighted by Crippen LogP contribution is -2.15. The molecule has 0 bridgehead atoms. The van der Waals surface area contributed by atoms with Crippen molar-refractivity contribution in [1.29, 1.82) is 0 Å². The predicted octanol–water partition coefficient (Wildman–Crippen LogP) is 2.63. The highest BCUT2D eigenvalue weighted by molar-refractivity contribution is 5.80. The van der Waals surface area contributed by atoms with Gasteiger partial charge in [0.1, 0.15) is 5.78 Å². The van der Waals surface area contributed by atoms with E-state index in [1.165, 1.54) is 25.7 Å². The van der Waals surface area contributed by atoms with Gasteiger partial charge in [-0.1, -0.05) is 12.8 Å². The number of rotatable bonds is 7. The number of carbonyl (C=O) groups is 1. The van der Waals surface area contributed by atoms with Crippen LogP contribution in [-0.2, 0) is 11.2 Å². The molecule has 2 N–H and O–H groups in total. The van der Waals surface area contributed by atoms with E-state index in [0.717, 1.165) is 18.5 Å². The van der Waals surface area contributed by atoms with Gasteiger partial charge in [-0.15, -0.1) is 0 Å². The Morgan fingerprint density at radius 1 is 1.53 bits per heavy atom. The zero-order valence-electron chi connectivity index (χ0n) is 11.8. The van der Waals surface area contributed by atoms with Gasteiger partial charge in [-0.05, 0) is 38.7 Å². The Bertz CT molecular complexity index is 405. The molecular weight excluding hydrogens is 238 g/mol. The highest BCUT2D eigenvalue weighted by Crippen LogP contribution is 2.28. The number of hydrogen-bond donors (Lipinski definition) is 1. The SMILES string of the molecule is CC(N)CCCC(=O)Cc1ccn(C2CCCC2)n1. The number of hydrogen-bond acceptors (Lipinski definition) is 3. The highest BCUT2D eigenvalue weighted by atomic mass is 16.1. The van der Waals surface area contributed by atoms with Gasteiger partial charge in [-0.3, -0.25) is 9.48 Å². The van der Waals surface area contributed by atoms with E-state index in [0.29, 0.717) is 18.9 Å². The molecule has 1 aromatic rings. The van der Waals surface area contributed by atoms with Crippen LogP contribution in [0.5, 0.6) is 0 Å². The highest BCUT2D eigenvalue weighted by Gasteiger charge is 2.17. The summed E-state index contributed by atoms with van der Waals surface area (Å²) < 4.78 is 2.05. The van der Waals surface area contributed by atoms with Crippen LogP contribution >= 0.6 is 0 Å². The molecule has 1 aliphatic carbocycles. The van der Waals surface area contributed by atoms with Crippen molar-refractivity contribution in [2.75, 3.05) is 0 Å². The second-order valence-electron chi connectivity index (χ2n) is 5.81. The Morgan fingerprint density at radius 2 is 2.26 bits per heavy atom. The fraction of sp³-hybridized carbons (Fsp3) is 0.733. The summed E-state index contributed by atoms with van der Waals surface area (Å²) in [6, 6.07) is 2.73. The molecule has 1 aromatic heterocycles. The lowest BCUT2D eigenvalue weighted by Gasteiger charge is -2.08. The van der Waals surface area contributed by atoms with E-state index in [1.54, 1.807) is 0 Å². The third kappa shape index (κ3) is 4.46. The predicted molar refractivity (Wildman–Crippen MR) is 75.9 cm³/mol. The van der Waals surface area contributed by atoms with Gasteiger partial charge in [0, 0.05) is 18.7 Å². The normalized spacial score (nSPS) is 17.8. The Balaban J connectivity index is 1.77. The van der Waals surface area contributed by atoms with E-state index in [1.807, 2.05) is 19.2 Å². The summed E-state index contributed by atoms with van der Waals surface area (Å²) in [5.41, 5.74) is 6.59. The van der Waals surface area contributed by atoms with Crippen LogP contribution in [0.25, 0.3) is 0 Å². The monoisotopic (exact) mass is 263 g/mol. The maximum Gasteiger partial charge on any atom is 0.138 e. The number of ketones is 1. The van der Waals surface area contributed by atoms with E-state index in [-0.39, 0.29) is 11.8 Å². The molecule has 0 saturated heterocycles. The Labute approximate surface area is 115 Å². The van der Waals surface area contributed by atoms with Crippen LogP contribution in [-0.4, -0.2) is 21.6 Å². The van der Waals surface area contributed by atoms with Crippen molar-refractivity contribution in [3.05, 3.63) is 18.0 Å². The van der Waals surface area contributed by atoms with Gasteiger partial charge in [0.25, 0.3) is 0 Å². The van der Waals surface area contributed by atoms with Crippen LogP contribution in [0, 0.1) is 0 Å². The minimum atomic E-state index is 0.189. The van der Waals surface area contributed by atoms with Crippen molar-refractivity contribution in [2.24, 2.45) is 5.73 Å². The molecule has 0 amide bonds. The summed E-state index contributed by atoms with van der Waals surface area (Å²) in [5.74, 6) is 0.275. The minimum absolute atomic E-state index is 0.189. The van der Waals surface area contributed by atoms with Gasteiger partial charge in [0.2, 0.25) is 0 Å². The summed E-state index contributed by atoms with van der Waals surface area (Å²) >= 11 is 0. The average molecular weight is 263 g/mol. The standard InChI is InChI=1S/C15H25N3O/c1-12(16)5-4-8-15(19)11-13-9-10-18(17-13)14-6-2-3-7-14/h9-10,12,14H,2-8,11,16H2,1H3. The summed E-state index contributed by atoms with van der Waals surface area (Å²) in [7, 11) is 0. The fourth-order valence-electron chi connectivity index (χ4n) is 2.76. The molecule has 1 aliphatic rings. The first-order valence-corrected chi connectivity index (χ1v) is 7.46. The first-order valence-electron chi connectivity index (χ1n) is 7.46. The lowest BCUT2D eigenvalue weighted by molar-refractivity contribution is -0.118. The molecule has 0 radical (unpaired) electrons. The first-order chi connectivity index (χ1) is 9.15. The van der Waals surface area contributed by atoms with Crippen molar-refractivity contribution in [2.45, 2.75) is 70.4 Å². The van der Waals surface area contributed by atoms with Crippen LogP contribution in [0.2, 0.25) is 0 Å². The topological polar surface area (TPSA) is 60.9 Å². The third-order valence-electron chi connectivity index (χ3n) is 3.86. The molecule has 0 aromatic carbocycles. The zero-order chi connectivity index (χ0) is 13.7. The van der Waals surface area contributed by atoms with Crippen molar-refractivity contribution in [3.8, 4) is 0 Å². The molecular formula is C15H25N3O. The van der Waals surface area contributed by atoms with Gasteiger partial charge in [0.05, 0.1) is 18.2 Å². The van der Waals surface area contributed by atoms with Gasteiger partial charge >= 0.3 is 0 Å². The van der Waals surface area contributed by atoms with Crippen molar-refractivity contribution < 1.29 is 4.79 Å². The molecule has 2 rings (SSSR count). The maximum absolute atomic E-state index is 11.8. The molecule has 4 heteroatoms. The van der Waals surface area contributed by atoms with Crippen molar-refractivity contribution in [3.63, 3.8) is 0 Å².